The predicted molar refractivity (Wildman–Crippen MR) is 74.1 cm³/mol. The molecule has 0 spiro atoms. The monoisotopic (exact) mass is 252 g/mol. The minimum absolute atomic E-state index is 0.00842. The van der Waals surface area contributed by atoms with Gasteiger partial charge in [-0.2, -0.15) is 0 Å². The van der Waals surface area contributed by atoms with Crippen LogP contribution in [0.2, 0.25) is 0 Å². The van der Waals surface area contributed by atoms with Gasteiger partial charge in [-0.1, -0.05) is 27.2 Å². The Morgan fingerprint density at radius 2 is 1.78 bits per heavy atom. The van der Waals surface area contributed by atoms with E-state index in [1.807, 2.05) is 6.92 Å². The van der Waals surface area contributed by atoms with E-state index in [4.69, 9.17) is 0 Å². The van der Waals surface area contributed by atoms with Gasteiger partial charge in [0.1, 0.15) is 0 Å². The summed E-state index contributed by atoms with van der Waals surface area (Å²) >= 11 is 0. The third-order valence-electron chi connectivity index (χ3n) is 4.51. The fourth-order valence-electron chi connectivity index (χ4n) is 3.88. The zero-order valence-corrected chi connectivity index (χ0v) is 12.3. The second-order valence-corrected chi connectivity index (χ2v) is 6.51. The summed E-state index contributed by atoms with van der Waals surface area (Å²) in [4.78, 5) is 14.5. The van der Waals surface area contributed by atoms with E-state index < -0.39 is 0 Å². The number of hydrogen-bond acceptors (Lipinski definition) is 2. The van der Waals surface area contributed by atoms with Crippen LogP contribution in [0.4, 0.5) is 0 Å². The minimum atomic E-state index is 0.00842. The molecule has 0 aromatic carbocycles. The molecule has 2 aliphatic rings. The molecule has 4 unspecified atom stereocenters. The van der Waals surface area contributed by atoms with Crippen molar-refractivity contribution in [3.8, 4) is 0 Å². The zero-order chi connectivity index (χ0) is 13.3. The van der Waals surface area contributed by atoms with E-state index in [1.54, 1.807) is 0 Å². The fraction of sp³-hybridized carbons (Fsp3) is 0.933. The molecule has 1 aliphatic heterocycles. The van der Waals surface area contributed by atoms with Crippen LogP contribution in [0.1, 0.15) is 59.8 Å². The van der Waals surface area contributed by atoms with Crippen LogP contribution in [0.25, 0.3) is 0 Å². The van der Waals surface area contributed by atoms with Gasteiger partial charge in [-0.3, -0.25) is 10.1 Å². The molecule has 1 saturated carbocycles. The summed E-state index contributed by atoms with van der Waals surface area (Å²) in [5, 5.41) is 3.46. The summed E-state index contributed by atoms with van der Waals surface area (Å²) in [6.07, 6.45) is 6.18. The third kappa shape index (κ3) is 2.71. The first-order valence-corrected chi connectivity index (χ1v) is 7.61. The number of nitrogens with zero attached hydrogens (tertiary/aromatic N) is 1. The number of carbonyl (C=O) groups is 1. The van der Waals surface area contributed by atoms with Crippen LogP contribution in [0.5, 0.6) is 0 Å². The molecule has 0 bridgehead atoms. The topological polar surface area (TPSA) is 32.3 Å². The maximum atomic E-state index is 12.4. The highest BCUT2D eigenvalue weighted by molar-refractivity contribution is 5.84. The third-order valence-corrected chi connectivity index (χ3v) is 4.51. The first-order valence-electron chi connectivity index (χ1n) is 7.61. The highest BCUT2D eigenvalue weighted by Crippen LogP contribution is 2.34. The van der Waals surface area contributed by atoms with Crippen molar-refractivity contribution in [1.29, 1.82) is 0 Å². The van der Waals surface area contributed by atoms with E-state index >= 15 is 0 Å². The maximum Gasteiger partial charge on any atom is 0.240 e. The Balaban J connectivity index is 2.10. The van der Waals surface area contributed by atoms with Gasteiger partial charge in [0.2, 0.25) is 5.91 Å². The Labute approximate surface area is 111 Å². The molecule has 2 rings (SSSR count). The molecule has 1 saturated heterocycles. The molecule has 1 heterocycles. The molecule has 2 fully saturated rings. The minimum Gasteiger partial charge on any atom is -0.323 e. The van der Waals surface area contributed by atoms with Crippen LogP contribution in [0, 0.1) is 11.8 Å². The molecule has 3 nitrogen and oxygen atoms in total. The highest BCUT2D eigenvalue weighted by Gasteiger charge is 2.41. The van der Waals surface area contributed by atoms with Crippen molar-refractivity contribution in [2.45, 2.75) is 78.0 Å². The largest absolute Gasteiger partial charge is 0.323 e. The molecule has 0 aromatic rings. The lowest BCUT2D eigenvalue weighted by Crippen LogP contribution is -2.47. The van der Waals surface area contributed by atoms with Crippen molar-refractivity contribution in [2.24, 2.45) is 11.8 Å². The Morgan fingerprint density at radius 3 is 2.33 bits per heavy atom. The van der Waals surface area contributed by atoms with Crippen molar-refractivity contribution < 1.29 is 4.79 Å². The summed E-state index contributed by atoms with van der Waals surface area (Å²) < 4.78 is 0. The summed E-state index contributed by atoms with van der Waals surface area (Å²) in [5.41, 5.74) is 0. The van der Waals surface area contributed by atoms with Gasteiger partial charge < -0.3 is 4.90 Å². The Hall–Kier alpha value is -0.570. The average molecular weight is 252 g/mol. The van der Waals surface area contributed by atoms with Gasteiger partial charge >= 0.3 is 0 Å². The standard InChI is InChI=1S/C15H28N2O/c1-5-6-14-16-12(4)15(18)17(14)13-8-10(2)7-11(3)9-13/h10-14,16H,5-9H2,1-4H3. The molecular weight excluding hydrogens is 224 g/mol. The van der Waals surface area contributed by atoms with E-state index in [0.29, 0.717) is 11.9 Å². The smallest absolute Gasteiger partial charge is 0.240 e. The van der Waals surface area contributed by atoms with E-state index in [1.165, 1.54) is 19.3 Å². The molecular formula is C15H28N2O. The number of rotatable bonds is 3. The Bertz CT molecular complexity index is 295. The van der Waals surface area contributed by atoms with E-state index in [0.717, 1.165) is 24.7 Å². The Kier molecular flexibility index (Phi) is 4.31. The number of nitrogens with one attached hydrogen (secondary N) is 1. The molecule has 0 aromatic heterocycles. The molecule has 1 amide bonds. The maximum absolute atomic E-state index is 12.4. The molecule has 104 valence electrons. The average Bonchev–Trinajstić information content (AvgIpc) is 2.54. The van der Waals surface area contributed by atoms with Gasteiger partial charge in [0.05, 0.1) is 12.2 Å². The zero-order valence-electron chi connectivity index (χ0n) is 12.3. The fourth-order valence-corrected chi connectivity index (χ4v) is 3.88. The van der Waals surface area contributed by atoms with Crippen LogP contribution in [-0.2, 0) is 4.79 Å². The van der Waals surface area contributed by atoms with Gasteiger partial charge in [-0.15, -0.1) is 0 Å². The summed E-state index contributed by atoms with van der Waals surface area (Å²) in [7, 11) is 0. The van der Waals surface area contributed by atoms with Gasteiger partial charge in [-0.05, 0) is 44.4 Å². The van der Waals surface area contributed by atoms with E-state index in [2.05, 4.69) is 31.0 Å². The number of hydrogen-bond donors (Lipinski definition) is 1. The summed E-state index contributed by atoms with van der Waals surface area (Å²) in [6.45, 7) is 8.85. The number of amides is 1. The van der Waals surface area contributed by atoms with Crippen LogP contribution < -0.4 is 5.32 Å². The van der Waals surface area contributed by atoms with E-state index in [9.17, 15) is 4.79 Å². The summed E-state index contributed by atoms with van der Waals surface area (Å²) in [5.74, 6) is 1.83. The lowest BCUT2D eigenvalue weighted by Gasteiger charge is -2.39. The van der Waals surface area contributed by atoms with E-state index in [-0.39, 0.29) is 12.2 Å². The van der Waals surface area contributed by atoms with Crippen molar-refractivity contribution >= 4 is 5.91 Å². The van der Waals surface area contributed by atoms with Crippen molar-refractivity contribution in [1.82, 2.24) is 10.2 Å². The van der Waals surface area contributed by atoms with Crippen molar-refractivity contribution in [2.75, 3.05) is 0 Å². The normalized spacial score (nSPS) is 41.4. The Morgan fingerprint density at radius 1 is 1.17 bits per heavy atom. The van der Waals surface area contributed by atoms with Gasteiger partial charge in [0, 0.05) is 6.04 Å². The lowest BCUT2D eigenvalue weighted by atomic mass is 9.79. The van der Waals surface area contributed by atoms with Crippen LogP contribution in [-0.4, -0.2) is 29.1 Å². The molecule has 1 N–H and O–H groups in total. The first-order chi connectivity index (χ1) is 8.52. The molecule has 3 heteroatoms. The van der Waals surface area contributed by atoms with Crippen LogP contribution in [0.15, 0.2) is 0 Å². The highest BCUT2D eigenvalue weighted by atomic mass is 16.2. The molecule has 4 atom stereocenters. The molecule has 18 heavy (non-hydrogen) atoms. The second kappa shape index (κ2) is 5.60. The van der Waals surface area contributed by atoms with Gasteiger partial charge in [0.15, 0.2) is 0 Å². The van der Waals surface area contributed by atoms with Gasteiger partial charge in [-0.25, -0.2) is 0 Å². The summed E-state index contributed by atoms with van der Waals surface area (Å²) in [6, 6.07) is 0.472. The predicted octanol–water partition coefficient (Wildman–Crippen LogP) is 2.76. The molecule has 1 aliphatic carbocycles. The quantitative estimate of drug-likeness (QED) is 0.837. The van der Waals surface area contributed by atoms with Crippen LogP contribution in [0.3, 0.4) is 0 Å². The number of carbonyl (C=O) groups excluding carboxylic acids is 1. The van der Waals surface area contributed by atoms with Crippen LogP contribution >= 0.6 is 0 Å². The first kappa shape index (κ1) is 13.9. The van der Waals surface area contributed by atoms with Crippen molar-refractivity contribution in [3.63, 3.8) is 0 Å². The van der Waals surface area contributed by atoms with Crippen molar-refractivity contribution in [3.05, 3.63) is 0 Å². The lowest BCUT2D eigenvalue weighted by molar-refractivity contribution is -0.133. The van der Waals surface area contributed by atoms with Gasteiger partial charge in [0.25, 0.3) is 0 Å². The molecule has 0 radical (unpaired) electrons. The SMILES string of the molecule is CCCC1NC(C)C(=O)N1C1CC(C)CC(C)C1. The second-order valence-electron chi connectivity index (χ2n) is 6.51.